The quantitative estimate of drug-likeness (QED) is 0.245. The number of anilines is 2. The van der Waals surface area contributed by atoms with Crippen LogP contribution in [0.3, 0.4) is 0 Å². The van der Waals surface area contributed by atoms with Gasteiger partial charge in [0.15, 0.2) is 0 Å². The fourth-order valence-electron chi connectivity index (χ4n) is 3.80. The standard InChI is InChI=1S/C31H30N2O2S/c1-21(2)23-12-14-26(15-13-23)33-31(35)29(24-9-5-4-6-10-24)36-28-18-16-27(17-19-28)32-30(34)25-11-7-8-22(3)20-25/h4-21,29H,1-3H3,(H,32,34)(H,33,35). The highest BCUT2D eigenvalue weighted by Crippen LogP contribution is 2.37. The fourth-order valence-corrected chi connectivity index (χ4v) is 4.83. The molecule has 182 valence electrons. The van der Waals surface area contributed by atoms with Crippen molar-refractivity contribution in [1.82, 2.24) is 0 Å². The van der Waals surface area contributed by atoms with Crippen LogP contribution in [0.2, 0.25) is 0 Å². The minimum absolute atomic E-state index is 0.0830. The SMILES string of the molecule is Cc1cccc(C(=O)Nc2ccc(SC(C(=O)Nc3ccc(C(C)C)cc3)c3ccccc3)cc2)c1. The highest BCUT2D eigenvalue weighted by Gasteiger charge is 2.22. The van der Waals surface area contributed by atoms with E-state index >= 15 is 0 Å². The molecule has 4 aromatic carbocycles. The minimum Gasteiger partial charge on any atom is -0.325 e. The first-order valence-corrected chi connectivity index (χ1v) is 12.9. The molecule has 0 aromatic heterocycles. The van der Waals surface area contributed by atoms with E-state index in [1.165, 1.54) is 17.3 Å². The molecule has 2 amide bonds. The first kappa shape index (κ1) is 25.3. The predicted octanol–water partition coefficient (Wildman–Crippen LogP) is 7.84. The summed E-state index contributed by atoms with van der Waals surface area (Å²) in [5.74, 6) is 0.205. The van der Waals surface area contributed by atoms with Crippen molar-refractivity contribution in [2.24, 2.45) is 0 Å². The lowest BCUT2D eigenvalue weighted by Crippen LogP contribution is -2.19. The van der Waals surface area contributed by atoms with Gasteiger partial charge in [0.1, 0.15) is 5.25 Å². The third kappa shape index (κ3) is 6.64. The third-order valence-electron chi connectivity index (χ3n) is 5.83. The van der Waals surface area contributed by atoms with E-state index in [4.69, 9.17) is 0 Å². The molecule has 0 saturated heterocycles. The molecular weight excluding hydrogens is 464 g/mol. The summed E-state index contributed by atoms with van der Waals surface area (Å²) in [4.78, 5) is 26.8. The van der Waals surface area contributed by atoms with E-state index in [2.05, 4.69) is 36.6 Å². The maximum atomic E-state index is 13.3. The van der Waals surface area contributed by atoms with E-state index in [1.54, 1.807) is 6.07 Å². The van der Waals surface area contributed by atoms with Gasteiger partial charge in [0.2, 0.25) is 5.91 Å². The average molecular weight is 495 g/mol. The van der Waals surface area contributed by atoms with E-state index < -0.39 is 5.25 Å². The van der Waals surface area contributed by atoms with E-state index in [0.717, 1.165) is 21.7 Å². The zero-order chi connectivity index (χ0) is 25.5. The molecule has 0 fully saturated rings. The molecule has 36 heavy (non-hydrogen) atoms. The Bertz CT molecular complexity index is 1320. The van der Waals surface area contributed by atoms with Crippen LogP contribution >= 0.6 is 11.8 Å². The van der Waals surface area contributed by atoms with Crippen LogP contribution in [0, 0.1) is 6.92 Å². The molecule has 4 rings (SSSR count). The Kier molecular flexibility index (Phi) is 8.24. The molecule has 5 heteroatoms. The van der Waals surface area contributed by atoms with E-state index in [1.807, 2.05) is 91.9 Å². The number of carbonyl (C=O) groups is 2. The van der Waals surface area contributed by atoms with E-state index in [-0.39, 0.29) is 11.8 Å². The number of carbonyl (C=O) groups excluding carboxylic acids is 2. The summed E-state index contributed by atoms with van der Waals surface area (Å²) in [5.41, 5.74) is 5.30. The van der Waals surface area contributed by atoms with Crippen LogP contribution in [0.5, 0.6) is 0 Å². The molecule has 0 aliphatic rings. The molecule has 0 heterocycles. The first-order chi connectivity index (χ1) is 17.4. The van der Waals surface area contributed by atoms with Crippen molar-refractivity contribution < 1.29 is 9.59 Å². The predicted molar refractivity (Wildman–Crippen MR) is 150 cm³/mol. The summed E-state index contributed by atoms with van der Waals surface area (Å²) in [5, 5.41) is 5.58. The van der Waals surface area contributed by atoms with Gasteiger partial charge in [-0.1, -0.05) is 74.0 Å². The van der Waals surface area contributed by atoms with Crippen molar-refractivity contribution in [1.29, 1.82) is 0 Å². The van der Waals surface area contributed by atoms with Crippen LogP contribution in [-0.4, -0.2) is 11.8 Å². The van der Waals surface area contributed by atoms with Gasteiger partial charge in [-0.25, -0.2) is 0 Å². The Morgan fingerprint density at radius 3 is 1.97 bits per heavy atom. The maximum Gasteiger partial charge on any atom is 0.255 e. The highest BCUT2D eigenvalue weighted by atomic mass is 32.2. The summed E-state index contributed by atoms with van der Waals surface area (Å²) in [6, 6.07) is 32.8. The number of amides is 2. The zero-order valence-corrected chi connectivity index (χ0v) is 21.5. The molecule has 0 aliphatic heterocycles. The van der Waals surface area contributed by atoms with Crippen LogP contribution in [-0.2, 0) is 4.79 Å². The lowest BCUT2D eigenvalue weighted by atomic mass is 10.0. The number of nitrogens with one attached hydrogen (secondary N) is 2. The van der Waals surface area contributed by atoms with Crippen LogP contribution < -0.4 is 10.6 Å². The van der Waals surface area contributed by atoms with Gasteiger partial charge in [0, 0.05) is 21.8 Å². The summed E-state index contributed by atoms with van der Waals surface area (Å²) in [6.45, 7) is 6.26. The molecule has 4 nitrogen and oxygen atoms in total. The molecular formula is C31H30N2O2S. The minimum atomic E-state index is -0.427. The van der Waals surface area contributed by atoms with E-state index in [0.29, 0.717) is 17.2 Å². The van der Waals surface area contributed by atoms with Crippen LogP contribution in [0.1, 0.15) is 52.1 Å². The van der Waals surface area contributed by atoms with Crippen molar-refractivity contribution in [2.45, 2.75) is 36.8 Å². The largest absolute Gasteiger partial charge is 0.325 e. The number of hydrogen-bond donors (Lipinski definition) is 2. The second kappa shape index (κ2) is 11.7. The lowest BCUT2D eigenvalue weighted by molar-refractivity contribution is -0.115. The third-order valence-corrected chi connectivity index (χ3v) is 7.10. The van der Waals surface area contributed by atoms with Gasteiger partial charge < -0.3 is 10.6 Å². The summed E-state index contributed by atoms with van der Waals surface area (Å²) in [6.07, 6.45) is 0. The molecule has 0 saturated carbocycles. The monoisotopic (exact) mass is 494 g/mol. The number of thioether (sulfide) groups is 1. The second-order valence-corrected chi connectivity index (χ2v) is 10.2. The summed E-state index contributed by atoms with van der Waals surface area (Å²) < 4.78 is 0. The molecule has 0 bridgehead atoms. The average Bonchev–Trinajstić information content (AvgIpc) is 2.89. The van der Waals surface area contributed by atoms with Crippen molar-refractivity contribution >= 4 is 35.0 Å². The Morgan fingerprint density at radius 2 is 1.33 bits per heavy atom. The molecule has 1 unspecified atom stereocenters. The number of benzene rings is 4. The zero-order valence-electron chi connectivity index (χ0n) is 20.7. The smallest absolute Gasteiger partial charge is 0.255 e. The van der Waals surface area contributed by atoms with Crippen LogP contribution in [0.15, 0.2) is 108 Å². The van der Waals surface area contributed by atoms with Gasteiger partial charge in [-0.3, -0.25) is 9.59 Å². The van der Waals surface area contributed by atoms with Gasteiger partial charge in [-0.2, -0.15) is 0 Å². The van der Waals surface area contributed by atoms with Crippen molar-refractivity contribution in [2.75, 3.05) is 10.6 Å². The van der Waals surface area contributed by atoms with Crippen molar-refractivity contribution in [3.05, 3.63) is 125 Å². The molecule has 1 atom stereocenters. The first-order valence-electron chi connectivity index (χ1n) is 12.0. The Morgan fingerprint density at radius 1 is 0.694 bits per heavy atom. The molecule has 4 aromatic rings. The van der Waals surface area contributed by atoms with Gasteiger partial charge in [0.05, 0.1) is 0 Å². The maximum absolute atomic E-state index is 13.3. The normalized spacial score (nSPS) is 11.7. The Hall–Kier alpha value is -3.83. The Balaban J connectivity index is 1.47. The second-order valence-electron chi connectivity index (χ2n) is 9.02. The summed E-state index contributed by atoms with van der Waals surface area (Å²) >= 11 is 1.48. The lowest BCUT2D eigenvalue weighted by Gasteiger charge is -2.18. The molecule has 0 spiro atoms. The topological polar surface area (TPSA) is 58.2 Å². The number of aryl methyl sites for hydroxylation is 1. The van der Waals surface area contributed by atoms with Gasteiger partial charge in [0.25, 0.3) is 5.91 Å². The Labute approximate surface area is 217 Å². The molecule has 0 radical (unpaired) electrons. The van der Waals surface area contributed by atoms with Gasteiger partial charge in [-0.15, -0.1) is 11.8 Å². The number of rotatable bonds is 8. The van der Waals surface area contributed by atoms with E-state index in [9.17, 15) is 9.59 Å². The van der Waals surface area contributed by atoms with Gasteiger partial charge >= 0.3 is 0 Å². The van der Waals surface area contributed by atoms with Crippen LogP contribution in [0.25, 0.3) is 0 Å². The summed E-state index contributed by atoms with van der Waals surface area (Å²) in [7, 11) is 0. The number of hydrogen-bond acceptors (Lipinski definition) is 3. The highest BCUT2D eigenvalue weighted by molar-refractivity contribution is 8.00. The van der Waals surface area contributed by atoms with Crippen molar-refractivity contribution in [3.8, 4) is 0 Å². The molecule has 2 N–H and O–H groups in total. The molecule has 0 aliphatic carbocycles. The van der Waals surface area contributed by atoms with Gasteiger partial charge in [-0.05, 0) is 72.5 Å². The van der Waals surface area contributed by atoms with Crippen molar-refractivity contribution in [3.63, 3.8) is 0 Å². The van der Waals surface area contributed by atoms with Crippen LogP contribution in [0.4, 0.5) is 11.4 Å². The fraction of sp³-hybridized carbons (Fsp3) is 0.161.